The second-order valence-corrected chi connectivity index (χ2v) is 7.58. The number of likely N-dealkylation sites (tertiary alicyclic amines) is 1. The lowest BCUT2D eigenvalue weighted by atomic mass is 10.1. The van der Waals surface area contributed by atoms with Crippen molar-refractivity contribution in [2.75, 3.05) is 32.9 Å². The van der Waals surface area contributed by atoms with Gasteiger partial charge in [-0.1, -0.05) is 24.3 Å². The van der Waals surface area contributed by atoms with Crippen LogP contribution in [0.4, 0.5) is 0 Å². The number of rotatable bonds is 11. The van der Waals surface area contributed by atoms with E-state index in [1.807, 2.05) is 20.8 Å². The molecule has 1 aliphatic rings. The summed E-state index contributed by atoms with van der Waals surface area (Å²) in [6.07, 6.45) is 2.59. The predicted octanol–water partition coefficient (Wildman–Crippen LogP) is 4.41. The maximum atomic E-state index is 12.8. The normalized spacial score (nSPS) is 13.8. The lowest BCUT2D eigenvalue weighted by molar-refractivity contribution is 0.0949. The highest BCUT2D eigenvalue weighted by atomic mass is 16.5. The fraction of sp³-hybridized carbons (Fsp3) is 0.480. The van der Waals surface area contributed by atoms with Crippen molar-refractivity contribution in [2.45, 2.75) is 46.7 Å². The Morgan fingerprint density at radius 1 is 0.871 bits per heavy atom. The maximum Gasteiger partial charge on any atom is 0.251 e. The number of carbonyl (C=O) groups excluding carboxylic acids is 1. The average Bonchev–Trinajstić information content (AvgIpc) is 3.28. The van der Waals surface area contributed by atoms with Crippen molar-refractivity contribution >= 4 is 5.91 Å². The fourth-order valence-corrected chi connectivity index (χ4v) is 3.77. The standard InChI is InChI=1S/C25H34N2O4/c1-4-29-22-15-21(16-23(30-5-2)24(22)31-6-3)25(28)26-17-19-9-11-20(12-10-19)18-27-13-7-8-14-27/h9-12,15-16H,4-8,13-14,17-18H2,1-3H3,(H,26,28). The van der Waals surface area contributed by atoms with Crippen LogP contribution in [0.1, 0.15) is 55.1 Å². The molecule has 0 atom stereocenters. The minimum atomic E-state index is -0.175. The highest BCUT2D eigenvalue weighted by Gasteiger charge is 2.18. The fourth-order valence-electron chi connectivity index (χ4n) is 3.77. The van der Waals surface area contributed by atoms with Crippen LogP contribution in [-0.2, 0) is 13.1 Å². The van der Waals surface area contributed by atoms with Crippen LogP contribution in [0.15, 0.2) is 36.4 Å². The molecular formula is C25H34N2O4. The SMILES string of the molecule is CCOc1cc(C(=O)NCc2ccc(CN3CCCC3)cc2)cc(OCC)c1OCC. The molecule has 0 bridgehead atoms. The number of hydrogen-bond donors (Lipinski definition) is 1. The van der Waals surface area contributed by atoms with Crippen molar-refractivity contribution in [2.24, 2.45) is 0 Å². The van der Waals surface area contributed by atoms with Crippen molar-refractivity contribution in [3.8, 4) is 17.2 Å². The Balaban J connectivity index is 1.66. The van der Waals surface area contributed by atoms with Crippen LogP contribution in [0.5, 0.6) is 17.2 Å². The first kappa shape index (κ1) is 22.9. The van der Waals surface area contributed by atoms with Crippen LogP contribution in [0.25, 0.3) is 0 Å². The van der Waals surface area contributed by atoms with Crippen molar-refractivity contribution in [3.63, 3.8) is 0 Å². The van der Waals surface area contributed by atoms with Crippen LogP contribution in [0.3, 0.4) is 0 Å². The molecular weight excluding hydrogens is 392 g/mol. The molecule has 1 heterocycles. The lowest BCUT2D eigenvalue weighted by Crippen LogP contribution is -2.23. The zero-order chi connectivity index (χ0) is 22.1. The predicted molar refractivity (Wildman–Crippen MR) is 122 cm³/mol. The maximum absolute atomic E-state index is 12.8. The van der Waals surface area contributed by atoms with E-state index in [1.54, 1.807) is 12.1 Å². The molecule has 0 spiro atoms. The van der Waals surface area contributed by atoms with Gasteiger partial charge < -0.3 is 19.5 Å². The zero-order valence-corrected chi connectivity index (χ0v) is 18.9. The van der Waals surface area contributed by atoms with Gasteiger partial charge in [-0.2, -0.15) is 0 Å². The number of ether oxygens (including phenoxy) is 3. The first-order chi connectivity index (χ1) is 15.1. The van der Waals surface area contributed by atoms with Gasteiger partial charge in [0.1, 0.15) is 0 Å². The van der Waals surface area contributed by atoms with Gasteiger partial charge in [0.15, 0.2) is 11.5 Å². The highest BCUT2D eigenvalue weighted by molar-refractivity contribution is 5.95. The van der Waals surface area contributed by atoms with Crippen LogP contribution in [-0.4, -0.2) is 43.7 Å². The van der Waals surface area contributed by atoms with E-state index >= 15 is 0 Å². The van der Waals surface area contributed by atoms with Crippen molar-refractivity contribution in [1.82, 2.24) is 10.2 Å². The summed E-state index contributed by atoms with van der Waals surface area (Å²) < 4.78 is 17.1. The first-order valence-electron chi connectivity index (χ1n) is 11.3. The first-order valence-corrected chi connectivity index (χ1v) is 11.3. The van der Waals surface area contributed by atoms with Gasteiger partial charge in [0.05, 0.1) is 19.8 Å². The monoisotopic (exact) mass is 426 g/mol. The van der Waals surface area contributed by atoms with Crippen LogP contribution in [0.2, 0.25) is 0 Å². The Bertz CT molecular complexity index is 818. The Labute approximate surface area is 185 Å². The van der Waals surface area contributed by atoms with Crippen LogP contribution < -0.4 is 19.5 Å². The molecule has 0 aliphatic carbocycles. The molecule has 2 aromatic rings. The quantitative estimate of drug-likeness (QED) is 0.577. The van der Waals surface area contributed by atoms with Gasteiger partial charge >= 0.3 is 0 Å². The third kappa shape index (κ3) is 6.37. The van der Waals surface area contributed by atoms with E-state index in [4.69, 9.17) is 14.2 Å². The van der Waals surface area contributed by atoms with Crippen molar-refractivity contribution in [1.29, 1.82) is 0 Å². The molecule has 1 aliphatic heterocycles. The van der Waals surface area contributed by atoms with Crippen molar-refractivity contribution in [3.05, 3.63) is 53.1 Å². The molecule has 0 saturated carbocycles. The number of carbonyl (C=O) groups is 1. The number of nitrogens with zero attached hydrogens (tertiary/aromatic N) is 1. The molecule has 0 unspecified atom stereocenters. The minimum Gasteiger partial charge on any atom is -0.490 e. The minimum absolute atomic E-state index is 0.175. The van der Waals surface area contributed by atoms with Gasteiger partial charge in [-0.3, -0.25) is 9.69 Å². The van der Waals surface area contributed by atoms with E-state index in [1.165, 1.54) is 31.5 Å². The average molecular weight is 427 g/mol. The van der Waals surface area contributed by atoms with E-state index in [0.717, 1.165) is 12.1 Å². The summed E-state index contributed by atoms with van der Waals surface area (Å²) in [5.74, 6) is 1.40. The molecule has 0 aromatic heterocycles. The highest BCUT2D eigenvalue weighted by Crippen LogP contribution is 2.39. The molecule has 6 heteroatoms. The molecule has 31 heavy (non-hydrogen) atoms. The summed E-state index contributed by atoms with van der Waals surface area (Å²) in [4.78, 5) is 15.3. The number of benzene rings is 2. The van der Waals surface area contributed by atoms with Gasteiger partial charge in [-0.25, -0.2) is 0 Å². The Morgan fingerprint density at radius 3 is 1.97 bits per heavy atom. The third-order valence-corrected chi connectivity index (χ3v) is 5.25. The molecule has 1 amide bonds. The Morgan fingerprint density at radius 2 is 1.42 bits per heavy atom. The molecule has 0 radical (unpaired) electrons. The Hall–Kier alpha value is -2.73. The summed E-state index contributed by atoms with van der Waals surface area (Å²) in [6.45, 7) is 11.0. The molecule has 1 N–H and O–H groups in total. The van der Waals surface area contributed by atoms with Crippen molar-refractivity contribution < 1.29 is 19.0 Å². The number of hydrogen-bond acceptors (Lipinski definition) is 5. The lowest BCUT2D eigenvalue weighted by Gasteiger charge is -2.17. The van der Waals surface area contributed by atoms with Gasteiger partial charge in [-0.05, 0) is 70.0 Å². The van der Waals surface area contributed by atoms with E-state index in [0.29, 0.717) is 49.2 Å². The van der Waals surface area contributed by atoms with Gasteiger partial charge in [0.2, 0.25) is 5.75 Å². The topological polar surface area (TPSA) is 60.0 Å². The number of nitrogens with one attached hydrogen (secondary N) is 1. The van der Waals surface area contributed by atoms with E-state index in [9.17, 15) is 4.79 Å². The van der Waals surface area contributed by atoms with E-state index in [-0.39, 0.29) is 5.91 Å². The summed E-state index contributed by atoms with van der Waals surface area (Å²) in [5.41, 5.74) is 2.87. The summed E-state index contributed by atoms with van der Waals surface area (Å²) in [6, 6.07) is 11.9. The molecule has 1 saturated heterocycles. The number of amides is 1. The summed E-state index contributed by atoms with van der Waals surface area (Å²) >= 11 is 0. The van der Waals surface area contributed by atoms with E-state index in [2.05, 4.69) is 34.5 Å². The molecule has 168 valence electrons. The summed E-state index contributed by atoms with van der Waals surface area (Å²) in [5, 5.41) is 3.00. The van der Waals surface area contributed by atoms with Crippen LogP contribution >= 0.6 is 0 Å². The zero-order valence-electron chi connectivity index (χ0n) is 18.9. The van der Waals surface area contributed by atoms with Gasteiger partial charge in [0.25, 0.3) is 5.91 Å². The molecule has 2 aromatic carbocycles. The van der Waals surface area contributed by atoms with Gasteiger partial charge in [-0.15, -0.1) is 0 Å². The Kier molecular flexibility index (Phi) is 8.59. The third-order valence-electron chi connectivity index (χ3n) is 5.25. The summed E-state index contributed by atoms with van der Waals surface area (Å²) in [7, 11) is 0. The van der Waals surface area contributed by atoms with Gasteiger partial charge in [0, 0.05) is 18.7 Å². The van der Waals surface area contributed by atoms with E-state index < -0.39 is 0 Å². The second-order valence-electron chi connectivity index (χ2n) is 7.58. The molecule has 6 nitrogen and oxygen atoms in total. The molecule has 3 rings (SSSR count). The van der Waals surface area contributed by atoms with Crippen LogP contribution in [0, 0.1) is 0 Å². The smallest absolute Gasteiger partial charge is 0.251 e. The second kappa shape index (κ2) is 11.6. The largest absolute Gasteiger partial charge is 0.490 e. The molecule has 1 fully saturated rings.